The van der Waals surface area contributed by atoms with Crippen LogP contribution >= 0.6 is 23.2 Å². The second-order valence-corrected chi connectivity index (χ2v) is 6.18. The van der Waals surface area contributed by atoms with Gasteiger partial charge in [0.1, 0.15) is 0 Å². The Balaban J connectivity index is 1.74. The Labute approximate surface area is 152 Å². The summed E-state index contributed by atoms with van der Waals surface area (Å²) >= 11 is 11.9. The van der Waals surface area contributed by atoms with E-state index in [0.717, 1.165) is 5.56 Å². The molecule has 3 rings (SSSR count). The number of carbonyl (C=O) groups excluding carboxylic acids is 1. The molecule has 6 nitrogen and oxygen atoms in total. The smallest absolute Gasteiger partial charge is 0.325 e. The zero-order valence-corrected chi connectivity index (χ0v) is 14.4. The largest absolute Gasteiger partial charge is 0.439 e. The van der Waals surface area contributed by atoms with E-state index in [1.807, 2.05) is 18.2 Å². The molecular formula is C17H13Cl2N3O3. The second-order valence-electron chi connectivity index (χ2n) is 5.31. The maximum absolute atomic E-state index is 12.3. The van der Waals surface area contributed by atoms with Crippen molar-refractivity contribution in [3.05, 3.63) is 68.6 Å². The number of aromatic amines is 1. The lowest BCUT2D eigenvalue weighted by atomic mass is 10.1. The van der Waals surface area contributed by atoms with Crippen LogP contribution in [-0.4, -0.2) is 16.0 Å². The molecule has 0 radical (unpaired) electrons. The molecule has 8 heteroatoms. The summed E-state index contributed by atoms with van der Waals surface area (Å²) in [6.45, 7) is 0. The number of benzene rings is 2. The van der Waals surface area contributed by atoms with Crippen LogP contribution in [-0.2, 0) is 11.2 Å². The van der Waals surface area contributed by atoms with E-state index in [-0.39, 0.29) is 18.2 Å². The zero-order chi connectivity index (χ0) is 17.8. The van der Waals surface area contributed by atoms with E-state index in [4.69, 9.17) is 23.2 Å². The first-order chi connectivity index (χ1) is 12.0. The summed E-state index contributed by atoms with van der Waals surface area (Å²) in [5, 5.41) is 7.49. The minimum Gasteiger partial charge on any atom is -0.325 e. The molecule has 1 aromatic heterocycles. The molecule has 0 aliphatic rings. The molecule has 0 bridgehead atoms. The lowest BCUT2D eigenvalue weighted by molar-refractivity contribution is -0.116. The van der Waals surface area contributed by atoms with Gasteiger partial charge in [-0.2, -0.15) is 0 Å². The summed E-state index contributed by atoms with van der Waals surface area (Å²) < 4.78 is 4.51. The summed E-state index contributed by atoms with van der Waals surface area (Å²) in [7, 11) is 0. The van der Waals surface area contributed by atoms with E-state index in [0.29, 0.717) is 27.7 Å². The summed E-state index contributed by atoms with van der Waals surface area (Å²) in [4.78, 5) is 25.9. The first-order valence-electron chi connectivity index (χ1n) is 7.41. The molecule has 3 aromatic rings. The molecule has 0 fully saturated rings. The minimum absolute atomic E-state index is 0.200. The van der Waals surface area contributed by atoms with Gasteiger partial charge in [0.2, 0.25) is 5.91 Å². The lowest BCUT2D eigenvalue weighted by Crippen LogP contribution is -2.13. The SMILES string of the molecule is O=C(CCc1cccc(Cl)c1)Nc1cc(Cl)ccc1-c1noc(=O)[nH]1. The second kappa shape index (κ2) is 7.55. The van der Waals surface area contributed by atoms with Crippen LogP contribution in [0, 0.1) is 0 Å². The maximum atomic E-state index is 12.3. The van der Waals surface area contributed by atoms with Crippen molar-refractivity contribution in [3.8, 4) is 11.4 Å². The number of carbonyl (C=O) groups is 1. The van der Waals surface area contributed by atoms with Crippen molar-refractivity contribution in [3.63, 3.8) is 0 Å². The topological polar surface area (TPSA) is 88.0 Å². The molecule has 1 amide bonds. The Hall–Kier alpha value is -2.57. The van der Waals surface area contributed by atoms with E-state index in [1.54, 1.807) is 24.3 Å². The predicted octanol–water partition coefficient (Wildman–Crippen LogP) is 3.91. The van der Waals surface area contributed by atoms with Gasteiger partial charge >= 0.3 is 5.76 Å². The number of nitrogens with zero attached hydrogens (tertiary/aromatic N) is 1. The van der Waals surface area contributed by atoms with Crippen LogP contribution in [0.25, 0.3) is 11.4 Å². The Morgan fingerprint density at radius 2 is 1.96 bits per heavy atom. The summed E-state index contributed by atoms with van der Waals surface area (Å²) in [5.74, 6) is -0.663. The number of halogens is 2. The van der Waals surface area contributed by atoms with Crippen LogP contribution in [0.1, 0.15) is 12.0 Å². The molecule has 2 N–H and O–H groups in total. The highest BCUT2D eigenvalue weighted by atomic mass is 35.5. The number of hydrogen-bond donors (Lipinski definition) is 2. The van der Waals surface area contributed by atoms with Gasteiger partial charge in [-0.05, 0) is 42.3 Å². The number of H-pyrrole nitrogens is 1. The third-order valence-electron chi connectivity index (χ3n) is 3.48. The molecule has 0 saturated heterocycles. The normalized spacial score (nSPS) is 10.6. The van der Waals surface area contributed by atoms with Gasteiger partial charge in [-0.25, -0.2) is 4.79 Å². The predicted molar refractivity (Wildman–Crippen MR) is 96.0 cm³/mol. The van der Waals surface area contributed by atoms with Crippen molar-refractivity contribution in [2.75, 3.05) is 5.32 Å². The van der Waals surface area contributed by atoms with Crippen LogP contribution in [0.15, 0.2) is 51.8 Å². The quantitative estimate of drug-likeness (QED) is 0.705. The van der Waals surface area contributed by atoms with E-state index in [2.05, 4.69) is 20.0 Å². The summed E-state index contributed by atoms with van der Waals surface area (Å²) in [6.07, 6.45) is 0.810. The Kier molecular flexibility index (Phi) is 5.21. The first kappa shape index (κ1) is 17.3. The van der Waals surface area contributed by atoms with E-state index >= 15 is 0 Å². The standard InChI is InChI=1S/C17H13Cl2N3O3/c18-11-3-1-2-10(8-11)4-7-15(23)20-14-9-12(19)5-6-13(14)16-21-17(24)25-22-16/h1-3,5-6,8-9H,4,7H2,(H,20,23)(H,21,22,24). The van der Waals surface area contributed by atoms with Gasteiger partial charge in [-0.3, -0.25) is 14.3 Å². The molecule has 0 saturated carbocycles. The van der Waals surface area contributed by atoms with Gasteiger partial charge < -0.3 is 5.32 Å². The van der Waals surface area contributed by atoms with Crippen molar-refractivity contribution < 1.29 is 9.32 Å². The number of aromatic nitrogens is 2. The van der Waals surface area contributed by atoms with Crippen LogP contribution < -0.4 is 11.1 Å². The molecule has 1 heterocycles. The van der Waals surface area contributed by atoms with Crippen LogP contribution in [0.3, 0.4) is 0 Å². The fourth-order valence-corrected chi connectivity index (χ4v) is 2.72. The number of aryl methyl sites for hydroxylation is 1. The number of amides is 1. The molecule has 2 aromatic carbocycles. The van der Waals surface area contributed by atoms with Crippen LogP contribution in [0.4, 0.5) is 5.69 Å². The van der Waals surface area contributed by atoms with Crippen molar-refractivity contribution >= 4 is 34.8 Å². The van der Waals surface area contributed by atoms with Crippen molar-refractivity contribution in [2.45, 2.75) is 12.8 Å². The molecule has 0 aliphatic heterocycles. The van der Waals surface area contributed by atoms with Gasteiger partial charge in [0.15, 0.2) is 5.82 Å². The Bertz CT molecular complexity index is 966. The highest BCUT2D eigenvalue weighted by Gasteiger charge is 2.13. The van der Waals surface area contributed by atoms with Crippen molar-refractivity contribution in [1.82, 2.24) is 10.1 Å². The Morgan fingerprint density at radius 3 is 2.68 bits per heavy atom. The summed E-state index contributed by atoms with van der Waals surface area (Å²) in [6, 6.07) is 12.2. The van der Waals surface area contributed by atoms with Crippen LogP contribution in [0.2, 0.25) is 10.0 Å². The zero-order valence-electron chi connectivity index (χ0n) is 12.9. The fraction of sp³-hybridized carbons (Fsp3) is 0.118. The van der Waals surface area contributed by atoms with Crippen molar-refractivity contribution in [2.24, 2.45) is 0 Å². The molecule has 0 spiro atoms. The van der Waals surface area contributed by atoms with E-state index in [1.165, 1.54) is 0 Å². The monoisotopic (exact) mass is 377 g/mol. The molecular weight excluding hydrogens is 365 g/mol. The number of anilines is 1. The highest BCUT2D eigenvalue weighted by molar-refractivity contribution is 6.31. The van der Waals surface area contributed by atoms with Crippen LogP contribution in [0.5, 0.6) is 0 Å². The number of rotatable bonds is 5. The van der Waals surface area contributed by atoms with Gasteiger partial charge in [0, 0.05) is 22.0 Å². The van der Waals surface area contributed by atoms with Gasteiger partial charge in [0.05, 0.1) is 5.69 Å². The number of nitrogens with one attached hydrogen (secondary N) is 2. The molecule has 25 heavy (non-hydrogen) atoms. The van der Waals surface area contributed by atoms with Gasteiger partial charge in [-0.15, -0.1) is 0 Å². The Morgan fingerprint density at radius 1 is 1.16 bits per heavy atom. The molecule has 0 atom stereocenters. The third kappa shape index (κ3) is 4.49. The maximum Gasteiger partial charge on any atom is 0.439 e. The highest BCUT2D eigenvalue weighted by Crippen LogP contribution is 2.28. The van der Waals surface area contributed by atoms with Gasteiger partial charge in [0.25, 0.3) is 0 Å². The average molecular weight is 378 g/mol. The molecule has 0 aliphatic carbocycles. The van der Waals surface area contributed by atoms with E-state index < -0.39 is 5.76 Å². The molecule has 128 valence electrons. The minimum atomic E-state index is -0.678. The van der Waals surface area contributed by atoms with E-state index in [9.17, 15) is 9.59 Å². The fourth-order valence-electron chi connectivity index (χ4n) is 2.34. The van der Waals surface area contributed by atoms with Gasteiger partial charge in [-0.1, -0.05) is 40.5 Å². The third-order valence-corrected chi connectivity index (χ3v) is 3.95. The average Bonchev–Trinajstić information content (AvgIpc) is 2.99. The molecule has 0 unspecified atom stereocenters. The first-order valence-corrected chi connectivity index (χ1v) is 8.17. The van der Waals surface area contributed by atoms with Crippen molar-refractivity contribution in [1.29, 1.82) is 0 Å². The number of hydrogen-bond acceptors (Lipinski definition) is 4. The summed E-state index contributed by atoms with van der Waals surface area (Å²) in [5.41, 5.74) is 1.91. The lowest BCUT2D eigenvalue weighted by Gasteiger charge is -2.10.